The number of ketones is 1. The van der Waals surface area contributed by atoms with Crippen LogP contribution < -0.4 is 10.0 Å². The lowest BCUT2D eigenvalue weighted by Crippen LogP contribution is -2.36. The molecule has 1 aliphatic heterocycles. The SMILES string of the molecule is Cc1ccc(S(=O)(=O)Nc2ccc(C(=O)C[C@@]3(O)C(=O)Nc4ccccc43)cc2)cc1. The van der Waals surface area contributed by atoms with Crippen LogP contribution in [0.5, 0.6) is 0 Å². The molecule has 4 rings (SSSR count). The molecule has 1 aliphatic rings. The van der Waals surface area contributed by atoms with Crippen molar-refractivity contribution >= 4 is 33.1 Å². The minimum Gasteiger partial charge on any atom is -0.375 e. The second kappa shape index (κ2) is 7.64. The Hall–Kier alpha value is -3.49. The molecule has 1 atom stereocenters. The Bertz CT molecular complexity index is 1270. The molecule has 7 nitrogen and oxygen atoms in total. The first-order chi connectivity index (χ1) is 14.7. The highest BCUT2D eigenvalue weighted by Crippen LogP contribution is 2.38. The molecule has 0 saturated carbocycles. The minimum absolute atomic E-state index is 0.131. The molecule has 0 spiro atoms. The summed E-state index contributed by atoms with van der Waals surface area (Å²) in [6.07, 6.45) is -0.426. The number of fused-ring (bicyclic) bond motifs is 1. The number of hydrogen-bond donors (Lipinski definition) is 3. The molecule has 0 fully saturated rings. The summed E-state index contributed by atoms with van der Waals surface area (Å²) in [4.78, 5) is 25.2. The van der Waals surface area contributed by atoms with Gasteiger partial charge in [0.1, 0.15) is 0 Å². The van der Waals surface area contributed by atoms with Gasteiger partial charge >= 0.3 is 0 Å². The molecule has 8 heteroatoms. The Morgan fingerprint density at radius 1 is 1.00 bits per heavy atom. The molecule has 3 N–H and O–H groups in total. The molecule has 0 aliphatic carbocycles. The van der Waals surface area contributed by atoms with Crippen molar-refractivity contribution in [2.75, 3.05) is 10.0 Å². The maximum Gasteiger partial charge on any atom is 0.261 e. The van der Waals surface area contributed by atoms with Crippen LogP contribution in [-0.2, 0) is 20.4 Å². The van der Waals surface area contributed by atoms with E-state index in [1.165, 1.54) is 36.4 Å². The lowest BCUT2D eigenvalue weighted by molar-refractivity contribution is -0.133. The quantitative estimate of drug-likeness (QED) is 0.514. The molecule has 31 heavy (non-hydrogen) atoms. The van der Waals surface area contributed by atoms with Crippen LogP contribution in [0, 0.1) is 6.92 Å². The zero-order valence-corrected chi connectivity index (χ0v) is 17.4. The Balaban J connectivity index is 1.50. The summed E-state index contributed by atoms with van der Waals surface area (Å²) in [5, 5.41) is 13.5. The molecule has 1 amide bonds. The summed E-state index contributed by atoms with van der Waals surface area (Å²) in [7, 11) is -3.76. The molecule has 3 aromatic carbocycles. The van der Waals surface area contributed by atoms with E-state index in [0.29, 0.717) is 16.9 Å². The monoisotopic (exact) mass is 436 g/mol. The Morgan fingerprint density at radius 2 is 1.65 bits per heavy atom. The van der Waals surface area contributed by atoms with E-state index in [-0.39, 0.29) is 10.5 Å². The molecule has 0 bridgehead atoms. The molecule has 158 valence electrons. The van der Waals surface area contributed by atoms with E-state index in [1.807, 2.05) is 6.92 Å². The summed E-state index contributed by atoms with van der Waals surface area (Å²) in [6.45, 7) is 1.86. The largest absolute Gasteiger partial charge is 0.375 e. The van der Waals surface area contributed by atoms with E-state index < -0.39 is 33.7 Å². The third-order valence-electron chi connectivity index (χ3n) is 5.20. The second-order valence-electron chi connectivity index (χ2n) is 7.46. The number of benzene rings is 3. The topological polar surface area (TPSA) is 113 Å². The summed E-state index contributed by atoms with van der Waals surface area (Å²) in [5.74, 6) is -1.09. The van der Waals surface area contributed by atoms with E-state index in [2.05, 4.69) is 10.0 Å². The van der Waals surface area contributed by atoms with Gasteiger partial charge in [-0.25, -0.2) is 8.42 Å². The van der Waals surface area contributed by atoms with Crippen LogP contribution in [0.2, 0.25) is 0 Å². The lowest BCUT2D eigenvalue weighted by Gasteiger charge is -2.20. The maximum absolute atomic E-state index is 12.7. The molecule has 0 unspecified atom stereocenters. The predicted molar refractivity (Wildman–Crippen MR) is 116 cm³/mol. The smallest absolute Gasteiger partial charge is 0.261 e. The Morgan fingerprint density at radius 3 is 2.32 bits per heavy atom. The van der Waals surface area contributed by atoms with Crippen molar-refractivity contribution in [1.29, 1.82) is 0 Å². The first kappa shape index (κ1) is 20.8. The number of nitrogens with one attached hydrogen (secondary N) is 2. The molecular weight excluding hydrogens is 416 g/mol. The van der Waals surface area contributed by atoms with Crippen molar-refractivity contribution in [3.05, 3.63) is 89.5 Å². The average Bonchev–Trinajstić information content (AvgIpc) is 2.98. The molecular formula is C23H20N2O5S. The van der Waals surface area contributed by atoms with Gasteiger partial charge in [-0.15, -0.1) is 0 Å². The molecule has 3 aromatic rings. The highest BCUT2D eigenvalue weighted by molar-refractivity contribution is 7.92. The number of sulfonamides is 1. The number of aryl methyl sites for hydroxylation is 1. The van der Waals surface area contributed by atoms with Gasteiger partial charge in [-0.2, -0.15) is 0 Å². The summed E-state index contributed by atoms with van der Waals surface area (Å²) >= 11 is 0. The van der Waals surface area contributed by atoms with Crippen LogP contribution in [0.15, 0.2) is 77.7 Å². The van der Waals surface area contributed by atoms with Crippen LogP contribution in [-0.4, -0.2) is 25.2 Å². The van der Waals surface area contributed by atoms with E-state index in [9.17, 15) is 23.1 Å². The number of hydrogen-bond acceptors (Lipinski definition) is 5. The first-order valence-electron chi connectivity index (χ1n) is 9.55. The third-order valence-corrected chi connectivity index (χ3v) is 6.60. The van der Waals surface area contributed by atoms with Gasteiger partial charge in [0, 0.05) is 22.5 Å². The maximum atomic E-state index is 12.7. The van der Waals surface area contributed by atoms with Gasteiger partial charge < -0.3 is 10.4 Å². The van der Waals surface area contributed by atoms with Crippen molar-refractivity contribution in [1.82, 2.24) is 0 Å². The number of para-hydroxylation sites is 1. The van der Waals surface area contributed by atoms with Gasteiger partial charge in [0.25, 0.3) is 15.9 Å². The van der Waals surface area contributed by atoms with Gasteiger partial charge in [0.2, 0.25) is 0 Å². The summed E-state index contributed by atoms with van der Waals surface area (Å²) < 4.78 is 27.5. The van der Waals surface area contributed by atoms with E-state index in [4.69, 9.17) is 0 Å². The predicted octanol–water partition coefficient (Wildman–Crippen LogP) is 3.21. The minimum atomic E-state index is -3.76. The zero-order valence-electron chi connectivity index (χ0n) is 16.6. The third kappa shape index (κ3) is 3.95. The van der Waals surface area contributed by atoms with Crippen molar-refractivity contribution in [3.8, 4) is 0 Å². The van der Waals surface area contributed by atoms with E-state index in [1.54, 1.807) is 36.4 Å². The standard InChI is InChI=1S/C23H20N2O5S/c1-15-6-12-18(13-7-15)31(29,30)25-17-10-8-16(9-11-17)21(26)14-23(28)19-4-2-3-5-20(19)24-22(23)27/h2-13,25,28H,14H2,1H3,(H,24,27)/t23-/m0/s1. The van der Waals surface area contributed by atoms with Crippen LogP contribution in [0.3, 0.4) is 0 Å². The van der Waals surface area contributed by atoms with Gasteiger partial charge in [-0.05, 0) is 49.4 Å². The van der Waals surface area contributed by atoms with Gasteiger partial charge in [-0.3, -0.25) is 14.3 Å². The highest BCUT2D eigenvalue weighted by atomic mass is 32.2. The average molecular weight is 436 g/mol. The highest BCUT2D eigenvalue weighted by Gasteiger charge is 2.46. The van der Waals surface area contributed by atoms with Crippen molar-refractivity contribution < 1.29 is 23.1 Å². The van der Waals surface area contributed by atoms with Crippen LogP contribution in [0.25, 0.3) is 0 Å². The zero-order chi connectivity index (χ0) is 22.2. The number of carbonyl (C=O) groups is 2. The second-order valence-corrected chi connectivity index (χ2v) is 9.14. The van der Waals surface area contributed by atoms with Gasteiger partial charge in [0.05, 0.1) is 11.3 Å². The first-order valence-corrected chi connectivity index (χ1v) is 11.0. The number of amides is 1. The number of rotatable bonds is 6. The van der Waals surface area contributed by atoms with E-state index in [0.717, 1.165) is 5.56 Å². The fourth-order valence-corrected chi connectivity index (χ4v) is 4.52. The molecule has 0 saturated heterocycles. The molecule has 0 aromatic heterocycles. The van der Waals surface area contributed by atoms with Crippen LogP contribution >= 0.6 is 0 Å². The van der Waals surface area contributed by atoms with E-state index >= 15 is 0 Å². The van der Waals surface area contributed by atoms with Crippen LogP contribution in [0.1, 0.15) is 27.9 Å². The lowest BCUT2D eigenvalue weighted by atomic mass is 9.88. The summed E-state index contributed by atoms with van der Waals surface area (Å²) in [6, 6.07) is 18.9. The molecule has 0 radical (unpaired) electrons. The van der Waals surface area contributed by atoms with Gasteiger partial charge in [0.15, 0.2) is 11.4 Å². The Labute approximate surface area is 179 Å². The Kier molecular flexibility index (Phi) is 5.12. The molecule has 1 heterocycles. The number of Topliss-reactive ketones (excluding diaryl/α,β-unsaturated/α-hetero) is 1. The number of anilines is 2. The van der Waals surface area contributed by atoms with Gasteiger partial charge in [-0.1, -0.05) is 35.9 Å². The fraction of sp³-hybridized carbons (Fsp3) is 0.130. The van der Waals surface area contributed by atoms with Crippen LogP contribution in [0.4, 0.5) is 11.4 Å². The van der Waals surface area contributed by atoms with Crippen molar-refractivity contribution in [3.63, 3.8) is 0 Å². The van der Waals surface area contributed by atoms with Crippen molar-refractivity contribution in [2.24, 2.45) is 0 Å². The number of aliphatic hydroxyl groups is 1. The fourth-order valence-electron chi connectivity index (χ4n) is 3.47. The van der Waals surface area contributed by atoms with Crippen molar-refractivity contribution in [2.45, 2.75) is 23.8 Å². The summed E-state index contributed by atoms with van der Waals surface area (Å²) in [5.41, 5.74) is 0.379. The normalized spacial score (nSPS) is 17.7. The number of carbonyl (C=O) groups excluding carboxylic acids is 2.